The van der Waals surface area contributed by atoms with Gasteiger partial charge in [0.25, 0.3) is 5.91 Å². The van der Waals surface area contributed by atoms with Crippen LogP contribution in [-0.4, -0.2) is 38.3 Å². The number of hydrogen-bond acceptors (Lipinski definition) is 8. The zero-order valence-electron chi connectivity index (χ0n) is 14.8. The number of hydrazone groups is 1. The van der Waals surface area contributed by atoms with E-state index in [1.807, 2.05) is 24.3 Å². The molecule has 0 spiro atoms. The summed E-state index contributed by atoms with van der Waals surface area (Å²) in [5, 5.41) is 27.0. The number of benzene rings is 1. The van der Waals surface area contributed by atoms with Gasteiger partial charge in [-0.25, -0.2) is 10.4 Å². The van der Waals surface area contributed by atoms with Gasteiger partial charge in [-0.15, -0.1) is 0 Å². The summed E-state index contributed by atoms with van der Waals surface area (Å²) in [7, 11) is 0. The number of aryl methyl sites for hydroxylation is 1. The lowest BCUT2D eigenvalue weighted by Gasteiger charge is -2.11. The molecule has 0 aliphatic carbocycles. The Hall–Kier alpha value is -3.04. The molecule has 0 bridgehead atoms. The number of hydrogen-bond donors (Lipinski definition) is 4. The van der Waals surface area contributed by atoms with Gasteiger partial charge in [-0.05, 0) is 26.0 Å². The Kier molecular flexibility index (Phi) is 5.63. The predicted molar refractivity (Wildman–Crippen MR) is 105 cm³/mol. The molecule has 9 heteroatoms. The van der Waals surface area contributed by atoms with E-state index in [0.29, 0.717) is 22.0 Å². The molecule has 0 saturated heterocycles. The maximum Gasteiger partial charge on any atom is 0.262 e. The Morgan fingerprint density at radius 1 is 1.41 bits per heavy atom. The van der Waals surface area contributed by atoms with Crippen LogP contribution in [0.1, 0.15) is 23.7 Å². The zero-order chi connectivity index (χ0) is 19.4. The lowest BCUT2D eigenvalue weighted by atomic mass is 10.1. The van der Waals surface area contributed by atoms with Crippen LogP contribution in [0.4, 0.5) is 5.13 Å². The number of aromatic hydroxyl groups is 1. The molecule has 3 aromatic rings. The quantitative estimate of drug-likeness (QED) is 0.381. The predicted octanol–water partition coefficient (Wildman–Crippen LogP) is 2.15. The van der Waals surface area contributed by atoms with Crippen LogP contribution in [0.15, 0.2) is 35.6 Å². The highest BCUT2D eigenvalue weighted by molar-refractivity contribution is 7.22. The van der Waals surface area contributed by atoms with Crippen molar-refractivity contribution in [3.63, 3.8) is 0 Å². The minimum Gasteiger partial charge on any atom is -0.505 e. The molecule has 0 unspecified atom stereocenters. The first kappa shape index (κ1) is 18.7. The number of aromatic nitrogens is 2. The number of thiazole rings is 1. The molecule has 0 fully saturated rings. The third-order valence-electron chi connectivity index (χ3n) is 3.92. The van der Waals surface area contributed by atoms with E-state index in [4.69, 9.17) is 0 Å². The fraction of sp³-hybridized carbons (Fsp3) is 0.222. The third-order valence-corrected chi connectivity index (χ3v) is 4.89. The number of para-hydroxylation sites is 1. The van der Waals surface area contributed by atoms with Crippen LogP contribution in [0.3, 0.4) is 0 Å². The van der Waals surface area contributed by atoms with Crippen LogP contribution >= 0.6 is 11.3 Å². The highest BCUT2D eigenvalue weighted by Gasteiger charge is 2.15. The van der Waals surface area contributed by atoms with Crippen LogP contribution in [0, 0.1) is 6.92 Å². The summed E-state index contributed by atoms with van der Waals surface area (Å²) in [4.78, 5) is 20.6. The van der Waals surface area contributed by atoms with Crippen molar-refractivity contribution in [1.82, 2.24) is 15.4 Å². The summed E-state index contributed by atoms with van der Waals surface area (Å²) >= 11 is 1.46. The smallest absolute Gasteiger partial charge is 0.262 e. The van der Waals surface area contributed by atoms with Gasteiger partial charge < -0.3 is 15.5 Å². The highest BCUT2D eigenvalue weighted by atomic mass is 32.1. The summed E-state index contributed by atoms with van der Waals surface area (Å²) < 4.78 is 1.03. The number of carbonyl (C=O) groups is 1. The molecular weight excluding hydrogens is 366 g/mol. The number of fused-ring (bicyclic) bond motifs is 1. The monoisotopic (exact) mass is 385 g/mol. The van der Waals surface area contributed by atoms with Gasteiger partial charge in [-0.1, -0.05) is 23.5 Å². The maximum atomic E-state index is 12.2. The molecule has 2 heterocycles. The van der Waals surface area contributed by atoms with Crippen molar-refractivity contribution in [1.29, 1.82) is 0 Å². The number of nitrogens with zero attached hydrogens (tertiary/aromatic N) is 3. The second kappa shape index (κ2) is 8.11. The Labute approximate surface area is 159 Å². The first-order valence-electron chi connectivity index (χ1n) is 8.23. The average Bonchev–Trinajstić information content (AvgIpc) is 3.07. The van der Waals surface area contributed by atoms with Gasteiger partial charge in [0.2, 0.25) is 0 Å². The number of amides is 1. The average molecular weight is 385 g/mol. The van der Waals surface area contributed by atoms with Crippen LogP contribution in [0.5, 0.6) is 5.75 Å². The normalized spacial score (nSPS) is 12.4. The first-order valence-corrected chi connectivity index (χ1v) is 9.04. The Balaban J connectivity index is 1.65. The van der Waals surface area contributed by atoms with E-state index in [2.05, 4.69) is 25.8 Å². The SMILES string of the molecule is Cc1ncc(CO)c(/C=N/NC(=O)[C@@H](C)Nc2nc3ccccc3s2)c1O. The minimum atomic E-state index is -0.562. The summed E-state index contributed by atoms with van der Waals surface area (Å²) in [5.41, 5.74) is 4.42. The van der Waals surface area contributed by atoms with Crippen LogP contribution in [0.25, 0.3) is 10.2 Å². The molecule has 0 aliphatic heterocycles. The van der Waals surface area contributed by atoms with Gasteiger partial charge in [0.15, 0.2) is 5.13 Å². The minimum absolute atomic E-state index is 0.0831. The molecule has 1 atom stereocenters. The molecule has 8 nitrogen and oxygen atoms in total. The summed E-state index contributed by atoms with van der Waals surface area (Å²) in [6.07, 6.45) is 2.74. The number of aliphatic hydroxyl groups is 1. The van der Waals surface area contributed by atoms with E-state index >= 15 is 0 Å². The number of anilines is 1. The van der Waals surface area contributed by atoms with Gasteiger partial charge >= 0.3 is 0 Å². The third kappa shape index (κ3) is 4.21. The van der Waals surface area contributed by atoms with E-state index in [1.165, 1.54) is 23.7 Å². The second-order valence-corrected chi connectivity index (χ2v) is 6.91. The number of pyridine rings is 1. The van der Waals surface area contributed by atoms with Crippen molar-refractivity contribution >= 4 is 38.8 Å². The maximum absolute atomic E-state index is 12.2. The molecule has 2 aromatic heterocycles. The number of nitrogens with one attached hydrogen (secondary N) is 2. The number of rotatable bonds is 6. The number of aliphatic hydroxyl groups excluding tert-OH is 1. The Morgan fingerprint density at radius 3 is 2.93 bits per heavy atom. The van der Waals surface area contributed by atoms with Crippen LogP contribution < -0.4 is 10.7 Å². The Bertz CT molecular complexity index is 969. The van der Waals surface area contributed by atoms with Crippen molar-refractivity contribution in [2.45, 2.75) is 26.5 Å². The molecule has 0 radical (unpaired) electrons. The molecular formula is C18H19N5O3S. The van der Waals surface area contributed by atoms with E-state index < -0.39 is 6.04 Å². The summed E-state index contributed by atoms with van der Waals surface area (Å²) in [6.45, 7) is 3.03. The van der Waals surface area contributed by atoms with E-state index in [9.17, 15) is 15.0 Å². The lowest BCUT2D eigenvalue weighted by molar-refractivity contribution is -0.121. The molecule has 1 aromatic carbocycles. The fourth-order valence-corrected chi connectivity index (χ4v) is 3.32. The summed E-state index contributed by atoms with van der Waals surface area (Å²) in [5.74, 6) is -0.443. The summed E-state index contributed by atoms with van der Waals surface area (Å²) in [6, 6.07) is 7.16. The van der Waals surface area contributed by atoms with E-state index in [-0.39, 0.29) is 18.3 Å². The van der Waals surface area contributed by atoms with Crippen molar-refractivity contribution in [2.24, 2.45) is 5.10 Å². The van der Waals surface area contributed by atoms with Crippen molar-refractivity contribution < 1.29 is 15.0 Å². The Morgan fingerprint density at radius 2 is 2.19 bits per heavy atom. The van der Waals surface area contributed by atoms with Gasteiger partial charge in [0, 0.05) is 17.3 Å². The number of carbonyl (C=O) groups excluding carboxylic acids is 1. The largest absolute Gasteiger partial charge is 0.505 e. The van der Waals surface area contributed by atoms with Gasteiger partial charge in [-0.3, -0.25) is 9.78 Å². The fourth-order valence-electron chi connectivity index (χ4n) is 2.36. The van der Waals surface area contributed by atoms with Crippen LogP contribution in [0.2, 0.25) is 0 Å². The molecule has 0 aliphatic rings. The second-order valence-electron chi connectivity index (χ2n) is 5.88. The van der Waals surface area contributed by atoms with Gasteiger partial charge in [0.1, 0.15) is 11.8 Å². The topological polar surface area (TPSA) is 120 Å². The molecule has 1 amide bonds. The molecule has 3 rings (SSSR count). The lowest BCUT2D eigenvalue weighted by Crippen LogP contribution is -2.34. The van der Waals surface area contributed by atoms with Crippen molar-refractivity contribution in [2.75, 3.05) is 5.32 Å². The van der Waals surface area contributed by atoms with Crippen molar-refractivity contribution in [3.8, 4) is 5.75 Å². The zero-order valence-corrected chi connectivity index (χ0v) is 15.6. The van der Waals surface area contributed by atoms with Crippen molar-refractivity contribution in [3.05, 3.63) is 47.3 Å². The van der Waals surface area contributed by atoms with Gasteiger partial charge in [0.05, 0.1) is 28.7 Å². The molecule has 27 heavy (non-hydrogen) atoms. The van der Waals surface area contributed by atoms with E-state index in [0.717, 1.165) is 10.2 Å². The van der Waals surface area contributed by atoms with Crippen LogP contribution in [-0.2, 0) is 11.4 Å². The highest BCUT2D eigenvalue weighted by Crippen LogP contribution is 2.26. The molecule has 0 saturated carbocycles. The van der Waals surface area contributed by atoms with E-state index in [1.54, 1.807) is 13.8 Å². The molecule has 140 valence electrons. The molecule has 4 N–H and O–H groups in total. The van der Waals surface area contributed by atoms with Gasteiger partial charge in [-0.2, -0.15) is 5.10 Å². The first-order chi connectivity index (χ1) is 13.0. The standard InChI is InChI=1S/C18H19N5O3S/c1-10-16(25)13(12(9-24)7-19-10)8-20-23-17(26)11(2)21-18-22-14-5-3-4-6-15(14)27-18/h3-8,11,24-25H,9H2,1-2H3,(H,21,22)(H,23,26)/b20-8+/t11-/m1/s1.